The summed E-state index contributed by atoms with van der Waals surface area (Å²) in [6.45, 7) is 1.27. The molecule has 90 valence electrons. The third-order valence-electron chi connectivity index (χ3n) is 1.37. The Kier molecular flexibility index (Phi) is 6.09. The zero-order chi connectivity index (χ0) is 12.6. The van der Waals surface area contributed by atoms with Crippen molar-refractivity contribution < 1.29 is 14.6 Å². The highest BCUT2D eigenvalue weighted by Crippen LogP contribution is 1.94. The van der Waals surface area contributed by atoms with Crippen LogP contribution in [0.25, 0.3) is 0 Å². The molecule has 0 aliphatic rings. The van der Waals surface area contributed by atoms with Crippen LogP contribution in [0.4, 0.5) is 0 Å². The summed E-state index contributed by atoms with van der Waals surface area (Å²) in [5.41, 5.74) is 5.10. The van der Waals surface area contributed by atoms with Crippen molar-refractivity contribution in [1.29, 1.82) is 0 Å². The summed E-state index contributed by atoms with van der Waals surface area (Å²) >= 11 is 0. The maximum Gasteiger partial charge on any atom is 0.302 e. The zero-order valence-corrected chi connectivity index (χ0v) is 8.53. The fourth-order valence-corrected chi connectivity index (χ4v) is 0.763. The molecule has 0 heterocycles. The molecule has 0 aromatic carbocycles. The molecule has 0 saturated heterocycles. The highest BCUT2D eigenvalue weighted by Gasteiger charge is 2.11. The lowest BCUT2D eigenvalue weighted by Gasteiger charge is -2.10. The van der Waals surface area contributed by atoms with Gasteiger partial charge in [0.05, 0.1) is 18.4 Å². The first-order valence-corrected chi connectivity index (χ1v) is 4.20. The van der Waals surface area contributed by atoms with Gasteiger partial charge in [-0.15, -0.1) is 4.91 Å². The Morgan fingerprint density at radius 3 is 2.69 bits per heavy atom. The summed E-state index contributed by atoms with van der Waals surface area (Å²) in [5.74, 6) is -1.08. The van der Waals surface area contributed by atoms with Crippen LogP contribution in [0.5, 0.6) is 0 Å². The van der Waals surface area contributed by atoms with Gasteiger partial charge >= 0.3 is 5.97 Å². The number of carbonyl (C=O) groups excluding carboxylic acids is 1. The second-order valence-corrected chi connectivity index (χ2v) is 2.59. The maximum atomic E-state index is 10.4. The summed E-state index contributed by atoms with van der Waals surface area (Å²) in [6.07, 6.45) is 0.249. The Morgan fingerprint density at radius 2 is 2.25 bits per heavy atom. The number of carbonyl (C=O) groups is 1. The molecule has 0 bridgehead atoms. The van der Waals surface area contributed by atoms with Crippen molar-refractivity contribution in [3.63, 3.8) is 0 Å². The number of hydrazone groups is 1. The standard InChI is InChI=1S/C6H11N5O5/c1-5(12)16-4-2-3-10(9-13)6(7)8-11(14)15/h2-4H2,1H3,(H2,7,8). The lowest BCUT2D eigenvalue weighted by atomic mass is 10.4. The van der Waals surface area contributed by atoms with E-state index in [0.29, 0.717) is 5.01 Å². The number of nitrogens with two attached hydrogens (primary N) is 1. The van der Waals surface area contributed by atoms with Crippen LogP contribution in [0.15, 0.2) is 10.4 Å². The highest BCUT2D eigenvalue weighted by molar-refractivity contribution is 5.76. The minimum Gasteiger partial charge on any atom is -0.466 e. The van der Waals surface area contributed by atoms with Crippen molar-refractivity contribution in [2.45, 2.75) is 13.3 Å². The highest BCUT2D eigenvalue weighted by atomic mass is 16.7. The van der Waals surface area contributed by atoms with Gasteiger partial charge < -0.3 is 10.5 Å². The van der Waals surface area contributed by atoms with Crippen molar-refractivity contribution in [1.82, 2.24) is 5.01 Å². The van der Waals surface area contributed by atoms with E-state index in [1.165, 1.54) is 6.92 Å². The first-order valence-electron chi connectivity index (χ1n) is 4.20. The van der Waals surface area contributed by atoms with Crippen LogP contribution < -0.4 is 5.73 Å². The van der Waals surface area contributed by atoms with E-state index >= 15 is 0 Å². The van der Waals surface area contributed by atoms with Crippen LogP contribution in [0.2, 0.25) is 0 Å². The second kappa shape index (κ2) is 7.09. The van der Waals surface area contributed by atoms with Crippen molar-refractivity contribution >= 4 is 11.9 Å². The number of nitrogens with zero attached hydrogens (tertiary/aromatic N) is 4. The van der Waals surface area contributed by atoms with Crippen LogP contribution in [-0.4, -0.2) is 35.1 Å². The van der Waals surface area contributed by atoms with E-state index in [-0.39, 0.29) is 19.6 Å². The van der Waals surface area contributed by atoms with E-state index in [1.807, 2.05) is 0 Å². The molecule has 0 aliphatic heterocycles. The molecule has 0 saturated carbocycles. The van der Waals surface area contributed by atoms with E-state index in [1.54, 1.807) is 0 Å². The van der Waals surface area contributed by atoms with Gasteiger partial charge in [-0.05, 0) is 0 Å². The number of ether oxygens (including phenoxy) is 1. The summed E-state index contributed by atoms with van der Waals surface area (Å²) in [7, 11) is 0. The number of nitroso groups, excluding NO2 is 1. The average Bonchev–Trinajstić information content (AvgIpc) is 2.16. The van der Waals surface area contributed by atoms with Crippen molar-refractivity contribution in [3.05, 3.63) is 15.0 Å². The van der Waals surface area contributed by atoms with Gasteiger partial charge in [-0.25, -0.2) is 10.1 Å². The second-order valence-electron chi connectivity index (χ2n) is 2.59. The van der Waals surface area contributed by atoms with Gasteiger partial charge in [-0.1, -0.05) is 0 Å². The van der Waals surface area contributed by atoms with Crippen molar-refractivity contribution in [2.24, 2.45) is 16.1 Å². The minimum absolute atomic E-state index is 0.0278. The Hall–Kier alpha value is -2.26. The molecule has 0 fully saturated rings. The summed E-state index contributed by atoms with van der Waals surface area (Å²) in [6, 6.07) is 0. The molecule has 0 rings (SSSR count). The average molecular weight is 233 g/mol. The van der Waals surface area contributed by atoms with E-state index in [0.717, 1.165) is 0 Å². The molecule has 0 aromatic rings. The maximum absolute atomic E-state index is 10.4. The van der Waals surface area contributed by atoms with Gasteiger partial charge in [0.1, 0.15) is 5.10 Å². The fraction of sp³-hybridized carbons (Fsp3) is 0.667. The van der Waals surface area contributed by atoms with Gasteiger partial charge in [0.25, 0.3) is 5.96 Å². The quantitative estimate of drug-likeness (QED) is 0.123. The first kappa shape index (κ1) is 13.7. The molecule has 0 radical (unpaired) electrons. The molecule has 10 heteroatoms. The normalized spacial score (nSPS) is 10.7. The first-order chi connectivity index (χ1) is 7.47. The van der Waals surface area contributed by atoms with Gasteiger partial charge in [-0.3, -0.25) is 4.79 Å². The van der Waals surface area contributed by atoms with E-state index in [4.69, 9.17) is 5.73 Å². The predicted molar refractivity (Wildman–Crippen MR) is 52.4 cm³/mol. The molecule has 0 amide bonds. The smallest absolute Gasteiger partial charge is 0.302 e. The monoisotopic (exact) mass is 233 g/mol. The van der Waals surface area contributed by atoms with Crippen molar-refractivity contribution in [2.75, 3.05) is 13.2 Å². The number of hydrogen-bond donors (Lipinski definition) is 1. The van der Waals surface area contributed by atoms with E-state index in [9.17, 15) is 19.8 Å². The van der Waals surface area contributed by atoms with Gasteiger partial charge in [0.2, 0.25) is 0 Å². The third-order valence-corrected chi connectivity index (χ3v) is 1.37. The number of esters is 1. The summed E-state index contributed by atoms with van der Waals surface area (Å²) in [5, 5.41) is 14.7. The lowest BCUT2D eigenvalue weighted by molar-refractivity contribution is -0.485. The van der Waals surface area contributed by atoms with Gasteiger partial charge in [0, 0.05) is 13.3 Å². The Bertz CT molecular complexity index is 304. The van der Waals surface area contributed by atoms with Crippen LogP contribution >= 0.6 is 0 Å². The summed E-state index contributed by atoms with van der Waals surface area (Å²) < 4.78 is 4.57. The Balaban J connectivity index is 4.06. The van der Waals surface area contributed by atoms with Gasteiger partial charge in [-0.2, -0.15) is 5.01 Å². The molecule has 0 aromatic heterocycles. The largest absolute Gasteiger partial charge is 0.466 e. The van der Waals surface area contributed by atoms with Crippen LogP contribution in [0.1, 0.15) is 13.3 Å². The molecule has 0 unspecified atom stereocenters. The Labute approximate surface area is 90.1 Å². The molecule has 0 atom stereocenters. The molecular weight excluding hydrogens is 222 g/mol. The van der Waals surface area contributed by atoms with Gasteiger partial charge in [0.15, 0.2) is 5.03 Å². The third kappa shape index (κ3) is 6.23. The topological polar surface area (TPSA) is 140 Å². The van der Waals surface area contributed by atoms with E-state index in [2.05, 4.69) is 15.1 Å². The molecule has 10 nitrogen and oxygen atoms in total. The van der Waals surface area contributed by atoms with Crippen LogP contribution in [-0.2, 0) is 9.53 Å². The SMILES string of the molecule is CC(=O)OCCCN(N=O)/C(N)=N/[N+](=O)[O-]. The fourth-order valence-electron chi connectivity index (χ4n) is 0.763. The molecular formula is C6H11N5O5. The molecule has 16 heavy (non-hydrogen) atoms. The Morgan fingerprint density at radius 1 is 1.62 bits per heavy atom. The predicted octanol–water partition coefficient (Wildman–Crippen LogP) is -0.571. The van der Waals surface area contributed by atoms with Crippen molar-refractivity contribution in [3.8, 4) is 0 Å². The summed E-state index contributed by atoms with van der Waals surface area (Å²) in [4.78, 5) is 30.6. The number of guanidine groups is 1. The molecule has 0 spiro atoms. The zero-order valence-electron chi connectivity index (χ0n) is 8.53. The van der Waals surface area contributed by atoms with Crippen LogP contribution in [0.3, 0.4) is 0 Å². The minimum atomic E-state index is -1.04. The van der Waals surface area contributed by atoms with Crippen LogP contribution in [0, 0.1) is 15.0 Å². The number of rotatable bonds is 6. The van der Waals surface area contributed by atoms with E-state index < -0.39 is 17.0 Å². The number of hydrogen-bond acceptors (Lipinski definition) is 6. The number of nitro groups is 1. The molecule has 0 aliphatic carbocycles. The lowest BCUT2D eigenvalue weighted by Crippen LogP contribution is -2.34. The molecule has 2 N–H and O–H groups in total.